The van der Waals surface area contributed by atoms with Crippen LogP contribution in [0, 0.1) is 5.92 Å². The Hall–Kier alpha value is -0.120. The van der Waals surface area contributed by atoms with Crippen LogP contribution in [0.4, 0.5) is 0 Å². The summed E-state index contributed by atoms with van der Waals surface area (Å²) in [5, 5.41) is 0. The van der Waals surface area contributed by atoms with Gasteiger partial charge in [-0.15, -0.1) is 0 Å². The Balaban J connectivity index is 1.56. The second-order valence-electron chi connectivity index (χ2n) is 7.16. The molecule has 3 atom stereocenters. The molecule has 116 valence electrons. The minimum atomic E-state index is 0.161. The largest absolute Gasteiger partial charge is 0.375 e. The van der Waals surface area contributed by atoms with Crippen LogP contribution in [0.5, 0.6) is 0 Å². The van der Waals surface area contributed by atoms with Gasteiger partial charge in [-0.1, -0.05) is 32.1 Å². The lowest BCUT2D eigenvalue weighted by Crippen LogP contribution is -2.46. The Morgan fingerprint density at radius 1 is 1.00 bits per heavy atom. The minimum absolute atomic E-state index is 0.161. The van der Waals surface area contributed by atoms with Crippen LogP contribution in [-0.2, 0) is 9.47 Å². The molecule has 3 unspecified atom stereocenters. The molecule has 20 heavy (non-hydrogen) atoms. The SMILES string of the molecule is NCC1CCCCC1OC1CCOC2(CCCCC2)C1. The fraction of sp³-hybridized carbons (Fsp3) is 1.00. The van der Waals surface area contributed by atoms with Gasteiger partial charge in [-0.2, -0.15) is 0 Å². The van der Waals surface area contributed by atoms with Crippen molar-refractivity contribution in [3.63, 3.8) is 0 Å². The normalized spacial score (nSPS) is 38.0. The predicted octanol–water partition coefficient (Wildman–Crippen LogP) is 3.40. The fourth-order valence-electron chi connectivity index (χ4n) is 4.51. The lowest BCUT2D eigenvalue weighted by atomic mass is 9.78. The molecular formula is C17H31NO2. The van der Waals surface area contributed by atoms with Crippen LogP contribution in [0.25, 0.3) is 0 Å². The molecule has 0 aromatic rings. The van der Waals surface area contributed by atoms with E-state index in [1.165, 1.54) is 57.8 Å². The quantitative estimate of drug-likeness (QED) is 0.862. The van der Waals surface area contributed by atoms with E-state index in [4.69, 9.17) is 15.2 Å². The molecule has 3 fully saturated rings. The van der Waals surface area contributed by atoms with Crippen molar-refractivity contribution in [2.45, 2.75) is 88.4 Å². The highest BCUT2D eigenvalue weighted by atomic mass is 16.5. The summed E-state index contributed by atoms with van der Waals surface area (Å²) in [5.74, 6) is 0.592. The first kappa shape index (κ1) is 14.8. The van der Waals surface area contributed by atoms with E-state index < -0.39 is 0 Å². The van der Waals surface area contributed by atoms with Crippen molar-refractivity contribution < 1.29 is 9.47 Å². The number of hydrogen-bond acceptors (Lipinski definition) is 3. The Bertz CT molecular complexity index is 296. The van der Waals surface area contributed by atoms with Gasteiger partial charge in [0.15, 0.2) is 0 Å². The highest BCUT2D eigenvalue weighted by Crippen LogP contribution is 2.40. The number of rotatable bonds is 3. The van der Waals surface area contributed by atoms with Crippen LogP contribution in [0.2, 0.25) is 0 Å². The molecule has 0 radical (unpaired) electrons. The topological polar surface area (TPSA) is 44.5 Å². The first-order valence-corrected chi connectivity index (χ1v) is 8.81. The molecule has 2 saturated carbocycles. The molecule has 1 saturated heterocycles. The van der Waals surface area contributed by atoms with Gasteiger partial charge in [0.05, 0.1) is 17.8 Å². The van der Waals surface area contributed by atoms with Crippen LogP contribution in [0.1, 0.15) is 70.6 Å². The molecule has 1 spiro atoms. The van der Waals surface area contributed by atoms with Gasteiger partial charge in [0.2, 0.25) is 0 Å². The smallest absolute Gasteiger partial charge is 0.0707 e. The summed E-state index contributed by atoms with van der Waals surface area (Å²) in [6, 6.07) is 0. The van der Waals surface area contributed by atoms with E-state index in [-0.39, 0.29) is 5.60 Å². The Labute approximate surface area is 123 Å². The fourth-order valence-corrected chi connectivity index (χ4v) is 4.51. The van der Waals surface area contributed by atoms with Gasteiger partial charge >= 0.3 is 0 Å². The third kappa shape index (κ3) is 3.37. The Morgan fingerprint density at radius 3 is 2.60 bits per heavy atom. The molecule has 3 rings (SSSR count). The molecule has 2 aliphatic carbocycles. The van der Waals surface area contributed by atoms with Crippen LogP contribution in [0.3, 0.4) is 0 Å². The maximum absolute atomic E-state index is 6.50. The third-order valence-corrected chi connectivity index (χ3v) is 5.72. The monoisotopic (exact) mass is 281 g/mol. The van der Waals surface area contributed by atoms with Gasteiger partial charge in [-0.05, 0) is 44.6 Å². The van der Waals surface area contributed by atoms with Gasteiger partial charge < -0.3 is 15.2 Å². The van der Waals surface area contributed by atoms with E-state index in [1.54, 1.807) is 0 Å². The molecule has 2 N–H and O–H groups in total. The van der Waals surface area contributed by atoms with E-state index in [2.05, 4.69) is 0 Å². The average Bonchev–Trinajstić information content (AvgIpc) is 2.49. The van der Waals surface area contributed by atoms with Crippen molar-refractivity contribution in [1.29, 1.82) is 0 Å². The Kier molecular flexibility index (Phi) is 5.00. The van der Waals surface area contributed by atoms with Crippen molar-refractivity contribution >= 4 is 0 Å². The van der Waals surface area contributed by atoms with Crippen molar-refractivity contribution in [3.8, 4) is 0 Å². The van der Waals surface area contributed by atoms with Gasteiger partial charge in [0.1, 0.15) is 0 Å². The summed E-state index contributed by atoms with van der Waals surface area (Å²) in [7, 11) is 0. The summed E-state index contributed by atoms with van der Waals surface area (Å²) in [6.45, 7) is 1.68. The summed E-state index contributed by atoms with van der Waals surface area (Å²) in [5.41, 5.74) is 6.09. The minimum Gasteiger partial charge on any atom is -0.375 e. The molecule has 3 heteroatoms. The van der Waals surface area contributed by atoms with Gasteiger partial charge in [0, 0.05) is 13.0 Å². The predicted molar refractivity (Wildman–Crippen MR) is 80.7 cm³/mol. The first-order chi connectivity index (χ1) is 9.81. The zero-order chi connectivity index (χ0) is 13.8. The van der Waals surface area contributed by atoms with Crippen molar-refractivity contribution in [1.82, 2.24) is 0 Å². The molecule has 3 aliphatic rings. The van der Waals surface area contributed by atoms with Crippen LogP contribution in [-0.4, -0.2) is 31.0 Å². The van der Waals surface area contributed by atoms with Crippen molar-refractivity contribution in [3.05, 3.63) is 0 Å². The van der Waals surface area contributed by atoms with Crippen LogP contribution in [0.15, 0.2) is 0 Å². The highest BCUT2D eigenvalue weighted by Gasteiger charge is 2.40. The van der Waals surface area contributed by atoms with E-state index in [0.717, 1.165) is 26.0 Å². The molecule has 0 aromatic carbocycles. The Morgan fingerprint density at radius 2 is 1.80 bits per heavy atom. The van der Waals surface area contributed by atoms with E-state index in [0.29, 0.717) is 18.1 Å². The maximum atomic E-state index is 6.50. The maximum Gasteiger partial charge on any atom is 0.0707 e. The molecule has 0 bridgehead atoms. The summed E-state index contributed by atoms with van der Waals surface area (Å²) < 4.78 is 12.7. The molecule has 1 aliphatic heterocycles. The lowest BCUT2D eigenvalue weighted by Gasteiger charge is -2.45. The zero-order valence-electron chi connectivity index (χ0n) is 12.8. The molecule has 1 heterocycles. The number of ether oxygens (including phenoxy) is 2. The number of hydrogen-bond donors (Lipinski definition) is 1. The second kappa shape index (κ2) is 6.76. The van der Waals surface area contributed by atoms with Crippen molar-refractivity contribution in [2.24, 2.45) is 11.7 Å². The molecule has 0 aromatic heterocycles. The average molecular weight is 281 g/mol. The second-order valence-corrected chi connectivity index (χ2v) is 7.16. The van der Waals surface area contributed by atoms with Crippen molar-refractivity contribution in [2.75, 3.05) is 13.2 Å². The summed E-state index contributed by atoms with van der Waals surface area (Å²) in [6.07, 6.45) is 14.7. The summed E-state index contributed by atoms with van der Waals surface area (Å²) in [4.78, 5) is 0. The summed E-state index contributed by atoms with van der Waals surface area (Å²) >= 11 is 0. The van der Waals surface area contributed by atoms with Crippen LogP contribution >= 0.6 is 0 Å². The highest BCUT2D eigenvalue weighted by molar-refractivity contribution is 4.91. The van der Waals surface area contributed by atoms with Gasteiger partial charge in [-0.3, -0.25) is 0 Å². The number of nitrogens with two attached hydrogens (primary N) is 1. The van der Waals surface area contributed by atoms with E-state index >= 15 is 0 Å². The molecule has 0 amide bonds. The zero-order valence-corrected chi connectivity index (χ0v) is 12.8. The first-order valence-electron chi connectivity index (χ1n) is 8.81. The van der Waals surface area contributed by atoms with Crippen LogP contribution < -0.4 is 5.73 Å². The van der Waals surface area contributed by atoms with Gasteiger partial charge in [-0.25, -0.2) is 0 Å². The van der Waals surface area contributed by atoms with E-state index in [9.17, 15) is 0 Å². The molecular weight excluding hydrogens is 250 g/mol. The van der Waals surface area contributed by atoms with E-state index in [1.807, 2.05) is 0 Å². The third-order valence-electron chi connectivity index (χ3n) is 5.72. The van der Waals surface area contributed by atoms with Gasteiger partial charge in [0.25, 0.3) is 0 Å². The molecule has 3 nitrogen and oxygen atoms in total. The standard InChI is InChI=1S/C17H31NO2/c18-13-14-6-2-3-7-16(14)20-15-8-11-19-17(12-15)9-4-1-5-10-17/h14-16H,1-13,18H2. The lowest BCUT2D eigenvalue weighted by molar-refractivity contribution is -0.169.